The van der Waals surface area contributed by atoms with E-state index in [1.807, 2.05) is 36.4 Å². The number of anilines is 1. The number of piperidine rings is 1. The Morgan fingerprint density at radius 1 is 1.06 bits per heavy atom. The summed E-state index contributed by atoms with van der Waals surface area (Å²) in [6.07, 6.45) is 3.87. The van der Waals surface area contributed by atoms with Crippen molar-refractivity contribution < 1.29 is 19.2 Å². The van der Waals surface area contributed by atoms with Crippen molar-refractivity contribution in [2.24, 2.45) is 0 Å². The second kappa shape index (κ2) is 9.29. The lowest BCUT2D eigenvalue weighted by molar-refractivity contribution is -0.137. The van der Waals surface area contributed by atoms with Crippen LogP contribution in [0.1, 0.15) is 65.1 Å². The number of rotatable bonds is 7. The molecule has 8 nitrogen and oxygen atoms in total. The van der Waals surface area contributed by atoms with E-state index >= 15 is 0 Å². The van der Waals surface area contributed by atoms with Crippen molar-refractivity contribution in [2.75, 3.05) is 11.9 Å². The lowest BCUT2D eigenvalue weighted by Gasteiger charge is -2.30. The predicted molar refractivity (Wildman–Crippen MR) is 126 cm³/mol. The molecule has 176 valence electrons. The minimum atomic E-state index is -0.632. The van der Waals surface area contributed by atoms with Gasteiger partial charge in [-0.25, -0.2) is 0 Å². The Morgan fingerprint density at radius 2 is 1.85 bits per heavy atom. The van der Waals surface area contributed by atoms with Crippen LogP contribution in [0.2, 0.25) is 0 Å². The Kier molecular flexibility index (Phi) is 6.04. The van der Waals surface area contributed by atoms with Crippen LogP contribution < -0.4 is 16.0 Å². The molecule has 0 spiro atoms. The molecule has 1 saturated heterocycles. The molecule has 2 fully saturated rings. The lowest BCUT2D eigenvalue weighted by atomic mass is 9.77. The average molecular weight is 461 g/mol. The molecule has 1 aliphatic carbocycles. The molecule has 0 bridgehead atoms. The van der Waals surface area contributed by atoms with E-state index in [1.54, 1.807) is 11.0 Å². The third-order valence-corrected chi connectivity index (χ3v) is 7.02. The smallest absolute Gasteiger partial charge is 0.255 e. The normalized spacial score (nSPS) is 19.9. The van der Waals surface area contributed by atoms with E-state index in [9.17, 15) is 19.2 Å². The summed E-state index contributed by atoms with van der Waals surface area (Å²) in [6.45, 7) is 0.934. The first-order chi connectivity index (χ1) is 16.5. The van der Waals surface area contributed by atoms with Gasteiger partial charge in [0, 0.05) is 30.8 Å². The average Bonchev–Trinajstić information content (AvgIpc) is 3.12. The minimum absolute atomic E-state index is 0.0980. The highest BCUT2D eigenvalue weighted by molar-refractivity contribution is 6.06. The van der Waals surface area contributed by atoms with Crippen molar-refractivity contribution in [3.05, 3.63) is 64.7 Å². The highest BCUT2D eigenvalue weighted by atomic mass is 16.2. The SMILES string of the molecule is O=C(CNc1cc2c(c(C3CCC3)c1)CN(C1CCC(=O)NC1=O)C2=O)NCc1ccccc1. The predicted octanol–water partition coefficient (Wildman–Crippen LogP) is 2.44. The standard InChI is InChI=1S/C26H28N4O4/c31-23-10-9-22(25(33)29-23)30-15-21-19(17-7-4-8-17)11-18(12-20(21)26(30)34)27-14-24(32)28-13-16-5-2-1-3-6-16/h1-3,5-6,11-12,17,22,27H,4,7-10,13-15H2,(H,28,32)(H,29,31,33). The zero-order valence-corrected chi connectivity index (χ0v) is 18.9. The molecular weight excluding hydrogens is 432 g/mol. The molecule has 1 saturated carbocycles. The topological polar surface area (TPSA) is 108 Å². The number of amides is 4. The first-order valence-electron chi connectivity index (χ1n) is 11.9. The summed E-state index contributed by atoms with van der Waals surface area (Å²) >= 11 is 0. The number of imide groups is 1. The van der Waals surface area contributed by atoms with Crippen LogP contribution in [0.3, 0.4) is 0 Å². The summed E-state index contributed by atoms with van der Waals surface area (Å²) in [7, 11) is 0. The van der Waals surface area contributed by atoms with E-state index in [0.29, 0.717) is 31.0 Å². The van der Waals surface area contributed by atoms with Gasteiger partial charge in [0.1, 0.15) is 6.04 Å². The molecule has 2 aliphatic heterocycles. The van der Waals surface area contributed by atoms with E-state index in [0.717, 1.165) is 41.6 Å². The second-order valence-electron chi connectivity index (χ2n) is 9.24. The van der Waals surface area contributed by atoms with Crippen molar-refractivity contribution in [1.82, 2.24) is 15.5 Å². The molecule has 3 aliphatic rings. The quantitative estimate of drug-likeness (QED) is 0.550. The molecular formula is C26H28N4O4. The zero-order valence-electron chi connectivity index (χ0n) is 18.9. The summed E-state index contributed by atoms with van der Waals surface area (Å²) in [5.74, 6) is -0.640. The van der Waals surface area contributed by atoms with Crippen LogP contribution in [0.5, 0.6) is 0 Å². The number of benzene rings is 2. The van der Waals surface area contributed by atoms with Crippen LogP contribution in [-0.2, 0) is 27.5 Å². The number of carbonyl (C=O) groups excluding carboxylic acids is 4. The molecule has 3 N–H and O–H groups in total. The molecule has 4 amide bonds. The fourth-order valence-corrected chi connectivity index (χ4v) is 4.92. The molecule has 5 rings (SSSR count). The summed E-state index contributed by atoms with van der Waals surface area (Å²) < 4.78 is 0. The van der Waals surface area contributed by atoms with Crippen LogP contribution in [-0.4, -0.2) is 41.1 Å². The van der Waals surface area contributed by atoms with Gasteiger partial charge in [-0.3, -0.25) is 24.5 Å². The minimum Gasteiger partial charge on any atom is -0.376 e. The molecule has 8 heteroatoms. The van der Waals surface area contributed by atoms with Gasteiger partial charge < -0.3 is 15.5 Å². The Hall–Kier alpha value is -3.68. The number of fused-ring (bicyclic) bond motifs is 1. The number of carbonyl (C=O) groups is 4. The third kappa shape index (κ3) is 4.40. The monoisotopic (exact) mass is 460 g/mol. The van der Waals surface area contributed by atoms with Gasteiger partial charge in [0.05, 0.1) is 6.54 Å². The van der Waals surface area contributed by atoms with Crippen molar-refractivity contribution >= 4 is 29.3 Å². The Balaban J connectivity index is 1.30. The molecule has 1 unspecified atom stereocenters. The van der Waals surface area contributed by atoms with E-state index in [2.05, 4.69) is 16.0 Å². The second-order valence-corrected chi connectivity index (χ2v) is 9.24. The maximum absolute atomic E-state index is 13.3. The van der Waals surface area contributed by atoms with Gasteiger partial charge in [-0.05, 0) is 54.0 Å². The third-order valence-electron chi connectivity index (χ3n) is 7.02. The van der Waals surface area contributed by atoms with Gasteiger partial charge in [0.15, 0.2) is 0 Å². The summed E-state index contributed by atoms with van der Waals surface area (Å²) in [5, 5.41) is 8.43. The fourth-order valence-electron chi connectivity index (χ4n) is 4.92. The van der Waals surface area contributed by atoms with Crippen molar-refractivity contribution in [3.8, 4) is 0 Å². The van der Waals surface area contributed by atoms with E-state index in [-0.39, 0.29) is 30.7 Å². The van der Waals surface area contributed by atoms with Gasteiger partial charge in [-0.2, -0.15) is 0 Å². The summed E-state index contributed by atoms with van der Waals surface area (Å²) in [5.41, 5.74) is 4.44. The number of nitrogens with zero attached hydrogens (tertiary/aromatic N) is 1. The van der Waals surface area contributed by atoms with Crippen molar-refractivity contribution in [1.29, 1.82) is 0 Å². The Bertz CT molecular complexity index is 1140. The molecule has 2 aromatic carbocycles. The van der Waals surface area contributed by atoms with Gasteiger partial charge in [0.25, 0.3) is 5.91 Å². The Morgan fingerprint density at radius 3 is 2.56 bits per heavy atom. The maximum Gasteiger partial charge on any atom is 0.255 e. The van der Waals surface area contributed by atoms with E-state index < -0.39 is 11.9 Å². The fraction of sp³-hybridized carbons (Fsp3) is 0.385. The first kappa shape index (κ1) is 22.1. The van der Waals surface area contributed by atoms with Gasteiger partial charge in [-0.15, -0.1) is 0 Å². The number of nitrogens with one attached hydrogen (secondary N) is 3. The summed E-state index contributed by atoms with van der Waals surface area (Å²) in [4.78, 5) is 51.2. The van der Waals surface area contributed by atoms with Crippen LogP contribution in [0, 0.1) is 0 Å². The lowest BCUT2D eigenvalue weighted by Crippen LogP contribution is -2.52. The van der Waals surface area contributed by atoms with E-state index in [4.69, 9.17) is 0 Å². The first-order valence-corrected chi connectivity index (χ1v) is 11.9. The van der Waals surface area contributed by atoms with Crippen molar-refractivity contribution in [2.45, 2.75) is 57.2 Å². The Labute approximate surface area is 198 Å². The molecule has 0 radical (unpaired) electrons. The van der Waals surface area contributed by atoms with Crippen molar-refractivity contribution in [3.63, 3.8) is 0 Å². The zero-order chi connectivity index (χ0) is 23.7. The molecule has 1 atom stereocenters. The molecule has 2 aromatic rings. The molecule has 34 heavy (non-hydrogen) atoms. The van der Waals surface area contributed by atoms with E-state index in [1.165, 1.54) is 0 Å². The maximum atomic E-state index is 13.3. The van der Waals surface area contributed by atoms with Gasteiger partial charge in [0.2, 0.25) is 17.7 Å². The number of hydrogen-bond donors (Lipinski definition) is 3. The van der Waals surface area contributed by atoms with Gasteiger partial charge >= 0.3 is 0 Å². The molecule has 0 aromatic heterocycles. The largest absolute Gasteiger partial charge is 0.376 e. The van der Waals surface area contributed by atoms with Crippen LogP contribution >= 0.6 is 0 Å². The van der Waals surface area contributed by atoms with Crippen LogP contribution in [0.25, 0.3) is 0 Å². The van der Waals surface area contributed by atoms with Crippen LogP contribution in [0.15, 0.2) is 42.5 Å². The molecule has 2 heterocycles. The van der Waals surface area contributed by atoms with Gasteiger partial charge in [-0.1, -0.05) is 36.8 Å². The van der Waals surface area contributed by atoms with Crippen LogP contribution in [0.4, 0.5) is 5.69 Å². The highest BCUT2D eigenvalue weighted by Crippen LogP contribution is 2.43. The highest BCUT2D eigenvalue weighted by Gasteiger charge is 2.41. The number of hydrogen-bond acceptors (Lipinski definition) is 5. The summed E-state index contributed by atoms with van der Waals surface area (Å²) in [6, 6.07) is 12.9.